The van der Waals surface area contributed by atoms with Gasteiger partial charge in [-0.25, -0.2) is 0 Å². The van der Waals surface area contributed by atoms with Gasteiger partial charge in [-0.3, -0.25) is 14.6 Å². The van der Waals surface area contributed by atoms with Crippen LogP contribution in [0.1, 0.15) is 62.5 Å². The Kier molecular flexibility index (Phi) is 3.58. The Bertz CT molecular complexity index is 607. The van der Waals surface area contributed by atoms with Crippen molar-refractivity contribution in [1.82, 2.24) is 4.98 Å². The van der Waals surface area contributed by atoms with Crippen LogP contribution in [0.4, 0.5) is 0 Å². The summed E-state index contributed by atoms with van der Waals surface area (Å²) in [4.78, 5) is 29.1. The molecule has 4 heteroatoms. The number of carbonyl (C=O) groups excluding carboxylic acids is 2. The molecule has 0 aliphatic heterocycles. The fourth-order valence-corrected chi connectivity index (χ4v) is 3.68. The minimum atomic E-state index is -0.449. The van der Waals surface area contributed by atoms with Crippen molar-refractivity contribution in [2.45, 2.75) is 58.5 Å². The molecule has 0 atom stereocenters. The minimum absolute atomic E-state index is 0.0747. The first-order valence-corrected chi connectivity index (χ1v) is 8.02. The molecule has 2 aliphatic carbocycles. The third kappa shape index (κ3) is 2.67. The number of ether oxygens (including phenoxy) is 1. The molecule has 0 aromatic carbocycles. The Labute approximate surface area is 131 Å². The molecule has 1 aromatic heterocycles. The van der Waals surface area contributed by atoms with Crippen molar-refractivity contribution in [3.8, 4) is 0 Å². The Balaban J connectivity index is 1.68. The molecule has 0 N–H and O–H groups in total. The van der Waals surface area contributed by atoms with Crippen molar-refractivity contribution in [3.05, 3.63) is 29.6 Å². The molecule has 0 radical (unpaired) electrons. The smallest absolute Gasteiger partial charge is 0.309 e. The lowest BCUT2D eigenvalue weighted by Crippen LogP contribution is -2.37. The lowest BCUT2D eigenvalue weighted by atomic mass is 9.68. The molecule has 1 saturated carbocycles. The Hall–Kier alpha value is -1.71. The van der Waals surface area contributed by atoms with Gasteiger partial charge >= 0.3 is 5.97 Å². The fraction of sp³-hybridized carbons (Fsp3) is 0.611. The van der Waals surface area contributed by atoms with E-state index in [9.17, 15) is 9.59 Å². The largest absolute Gasteiger partial charge is 0.460 e. The van der Waals surface area contributed by atoms with Crippen LogP contribution >= 0.6 is 0 Å². The maximum absolute atomic E-state index is 12.7. The number of rotatable bonds is 1. The van der Waals surface area contributed by atoms with Crippen molar-refractivity contribution in [2.75, 3.05) is 0 Å². The van der Waals surface area contributed by atoms with Crippen LogP contribution in [-0.2, 0) is 16.0 Å². The summed E-state index contributed by atoms with van der Waals surface area (Å²) in [5.74, 6) is -0.0245. The van der Waals surface area contributed by atoms with Crippen molar-refractivity contribution in [1.29, 1.82) is 0 Å². The first-order valence-electron chi connectivity index (χ1n) is 8.02. The number of nitrogens with zero attached hydrogens (tertiary/aromatic N) is 1. The van der Waals surface area contributed by atoms with Crippen molar-refractivity contribution in [2.24, 2.45) is 11.3 Å². The second-order valence-corrected chi connectivity index (χ2v) is 7.61. The van der Waals surface area contributed by atoms with Crippen LogP contribution in [-0.4, -0.2) is 22.3 Å². The molecule has 2 aliphatic rings. The van der Waals surface area contributed by atoms with Crippen LogP contribution in [0.5, 0.6) is 0 Å². The van der Waals surface area contributed by atoms with Gasteiger partial charge in [-0.1, -0.05) is 6.07 Å². The van der Waals surface area contributed by atoms with Crippen LogP contribution in [0.2, 0.25) is 0 Å². The molecule has 3 rings (SSSR count). The quantitative estimate of drug-likeness (QED) is 0.747. The second kappa shape index (κ2) is 5.18. The van der Waals surface area contributed by atoms with Crippen molar-refractivity contribution < 1.29 is 14.3 Å². The number of hydrogen-bond donors (Lipinski definition) is 0. The third-order valence-corrected chi connectivity index (χ3v) is 4.80. The summed E-state index contributed by atoms with van der Waals surface area (Å²) in [6, 6.07) is 3.88. The van der Waals surface area contributed by atoms with Gasteiger partial charge in [0.15, 0.2) is 5.78 Å². The maximum atomic E-state index is 12.7. The SMILES string of the molecule is CC(C)(C)OC(=O)C1CCC2(CC1)Cc1cccnc1C2=O. The predicted molar refractivity (Wildman–Crippen MR) is 82.5 cm³/mol. The molecule has 1 heterocycles. The molecule has 1 aromatic rings. The zero-order valence-electron chi connectivity index (χ0n) is 13.5. The number of aromatic nitrogens is 1. The number of fused-ring (bicyclic) bond motifs is 1. The Morgan fingerprint density at radius 1 is 1.32 bits per heavy atom. The van der Waals surface area contributed by atoms with E-state index < -0.39 is 5.60 Å². The van der Waals surface area contributed by atoms with E-state index in [2.05, 4.69) is 4.98 Å². The van der Waals surface area contributed by atoms with Gasteiger partial charge in [0, 0.05) is 11.6 Å². The van der Waals surface area contributed by atoms with Crippen LogP contribution in [0.15, 0.2) is 18.3 Å². The average molecular weight is 301 g/mol. The molecule has 4 nitrogen and oxygen atoms in total. The van der Waals surface area contributed by atoms with Crippen LogP contribution in [0.3, 0.4) is 0 Å². The summed E-state index contributed by atoms with van der Waals surface area (Å²) in [5, 5.41) is 0. The van der Waals surface area contributed by atoms with Crippen LogP contribution in [0.25, 0.3) is 0 Å². The minimum Gasteiger partial charge on any atom is -0.460 e. The number of ketones is 1. The first-order chi connectivity index (χ1) is 10.3. The number of Topliss-reactive ketones (excluding diaryl/α,β-unsaturated/α-hetero) is 1. The van der Waals surface area contributed by atoms with Gasteiger partial charge in [0.05, 0.1) is 5.92 Å². The summed E-state index contributed by atoms with van der Waals surface area (Å²) in [6.45, 7) is 5.66. The highest BCUT2D eigenvalue weighted by molar-refractivity contribution is 6.03. The van der Waals surface area contributed by atoms with E-state index in [4.69, 9.17) is 4.74 Å². The maximum Gasteiger partial charge on any atom is 0.309 e. The molecule has 0 saturated heterocycles. The van der Waals surface area contributed by atoms with E-state index in [0.29, 0.717) is 5.69 Å². The summed E-state index contributed by atoms with van der Waals surface area (Å²) >= 11 is 0. The lowest BCUT2D eigenvalue weighted by Gasteiger charge is -2.35. The standard InChI is InChI=1S/C18H23NO3/c1-17(2,3)22-16(21)12-6-8-18(9-7-12)11-13-5-4-10-19-14(13)15(18)20/h4-5,10,12H,6-9,11H2,1-3H3. The summed E-state index contributed by atoms with van der Waals surface area (Å²) in [7, 11) is 0. The van der Waals surface area contributed by atoms with Gasteiger partial charge in [0.25, 0.3) is 0 Å². The van der Waals surface area contributed by atoms with Crippen molar-refractivity contribution in [3.63, 3.8) is 0 Å². The summed E-state index contributed by atoms with van der Waals surface area (Å²) in [5.41, 5.74) is 0.923. The van der Waals surface area contributed by atoms with E-state index in [1.807, 2.05) is 32.9 Å². The molecule has 22 heavy (non-hydrogen) atoms. The summed E-state index contributed by atoms with van der Waals surface area (Å²) in [6.07, 6.45) is 5.43. The third-order valence-electron chi connectivity index (χ3n) is 4.80. The molecule has 0 unspecified atom stereocenters. The van der Waals surface area contributed by atoms with Crippen molar-refractivity contribution >= 4 is 11.8 Å². The molecule has 1 fully saturated rings. The Morgan fingerprint density at radius 2 is 2.00 bits per heavy atom. The number of esters is 1. The van der Waals surface area contributed by atoms with E-state index >= 15 is 0 Å². The second-order valence-electron chi connectivity index (χ2n) is 7.61. The topological polar surface area (TPSA) is 56.3 Å². The normalized spacial score (nSPS) is 27.8. The molecule has 0 amide bonds. The van der Waals surface area contributed by atoms with Gasteiger partial charge in [-0.2, -0.15) is 0 Å². The number of hydrogen-bond acceptors (Lipinski definition) is 4. The zero-order valence-corrected chi connectivity index (χ0v) is 13.5. The molecule has 1 spiro atoms. The lowest BCUT2D eigenvalue weighted by molar-refractivity contribution is -0.161. The van der Waals surface area contributed by atoms with E-state index in [1.165, 1.54) is 0 Å². The number of pyridine rings is 1. The van der Waals surface area contributed by atoms with Gasteiger partial charge in [0.1, 0.15) is 11.3 Å². The van der Waals surface area contributed by atoms with Gasteiger partial charge in [0.2, 0.25) is 0 Å². The van der Waals surface area contributed by atoms with E-state index in [0.717, 1.165) is 37.7 Å². The predicted octanol–water partition coefficient (Wildman–Crippen LogP) is 3.34. The van der Waals surface area contributed by atoms with Crippen LogP contribution < -0.4 is 0 Å². The highest BCUT2D eigenvalue weighted by Gasteiger charge is 2.49. The van der Waals surface area contributed by atoms with E-state index in [-0.39, 0.29) is 23.1 Å². The van der Waals surface area contributed by atoms with Crippen LogP contribution in [0, 0.1) is 11.3 Å². The number of carbonyl (C=O) groups is 2. The summed E-state index contributed by atoms with van der Waals surface area (Å²) < 4.78 is 5.48. The highest BCUT2D eigenvalue weighted by Crippen LogP contribution is 2.48. The highest BCUT2D eigenvalue weighted by atomic mass is 16.6. The molecular weight excluding hydrogens is 278 g/mol. The van der Waals surface area contributed by atoms with E-state index in [1.54, 1.807) is 6.20 Å². The van der Waals surface area contributed by atoms with Gasteiger partial charge in [-0.15, -0.1) is 0 Å². The molecular formula is C18H23NO3. The first kappa shape index (κ1) is 15.2. The molecule has 118 valence electrons. The molecule has 0 bridgehead atoms. The van der Waals surface area contributed by atoms with Gasteiger partial charge < -0.3 is 4.74 Å². The zero-order chi connectivity index (χ0) is 16.0. The van der Waals surface area contributed by atoms with Gasteiger partial charge in [-0.05, 0) is 64.5 Å². The monoisotopic (exact) mass is 301 g/mol. The fourth-order valence-electron chi connectivity index (χ4n) is 3.68. The average Bonchev–Trinajstić information content (AvgIpc) is 2.71. The Morgan fingerprint density at radius 3 is 2.59 bits per heavy atom.